The molecule has 0 saturated heterocycles. The minimum Gasteiger partial charge on any atom is -0.310 e. The first-order valence-electron chi connectivity index (χ1n) is 13.3. The minimum absolute atomic E-state index is 0.00323. The largest absolute Gasteiger partial charge is 0.310 e. The Morgan fingerprint density at radius 2 is 1.50 bits per heavy atom. The van der Waals surface area contributed by atoms with E-state index in [-0.39, 0.29) is 5.41 Å². The molecule has 3 aromatic carbocycles. The lowest BCUT2D eigenvalue weighted by molar-refractivity contribution is 0.660. The van der Waals surface area contributed by atoms with Crippen molar-refractivity contribution in [3.8, 4) is 39.2 Å². The van der Waals surface area contributed by atoms with Gasteiger partial charge in [0.25, 0.3) is 0 Å². The number of aromatic nitrogens is 2. The molecule has 0 amide bonds. The lowest BCUT2D eigenvalue weighted by atomic mass is 9.81. The molecule has 0 atom stereocenters. The molecule has 3 nitrogen and oxygen atoms in total. The Morgan fingerprint density at radius 1 is 0.711 bits per heavy atom. The van der Waals surface area contributed by atoms with Crippen LogP contribution in [0, 0.1) is 0 Å². The van der Waals surface area contributed by atoms with Crippen LogP contribution in [-0.4, -0.2) is 15.8 Å². The molecule has 0 bridgehead atoms. The van der Waals surface area contributed by atoms with Gasteiger partial charge in [-0.25, -0.2) is 0 Å². The quantitative estimate of drug-likeness (QED) is 0.247. The SMILES string of the molecule is CC1(C)c2ccccc2-c2ccc(-c3ccc(-n4c(C5=CN=CCC5)ccc4-c4cccnc4)cc3)cc21. The third-order valence-corrected chi connectivity index (χ3v) is 8.09. The van der Waals surface area contributed by atoms with Crippen LogP contribution in [0.25, 0.3) is 44.8 Å². The van der Waals surface area contributed by atoms with Crippen molar-refractivity contribution in [2.24, 2.45) is 4.99 Å². The van der Waals surface area contributed by atoms with Crippen LogP contribution in [0.4, 0.5) is 0 Å². The van der Waals surface area contributed by atoms with Crippen molar-refractivity contribution in [3.63, 3.8) is 0 Å². The molecule has 0 unspecified atom stereocenters. The van der Waals surface area contributed by atoms with Crippen molar-refractivity contribution in [2.75, 3.05) is 0 Å². The molecular formula is C35H29N3. The third kappa shape index (κ3) is 3.58. The zero-order chi connectivity index (χ0) is 25.7. The number of rotatable bonds is 4. The second-order valence-electron chi connectivity index (χ2n) is 10.7. The fourth-order valence-corrected chi connectivity index (χ4v) is 6.09. The van der Waals surface area contributed by atoms with E-state index in [1.807, 2.05) is 30.9 Å². The number of aliphatic imine (C=N–C) groups is 1. The van der Waals surface area contributed by atoms with Gasteiger partial charge < -0.3 is 4.57 Å². The Bertz CT molecular complexity index is 1720. The highest BCUT2D eigenvalue weighted by molar-refractivity contribution is 5.84. The van der Waals surface area contributed by atoms with E-state index >= 15 is 0 Å². The average Bonchev–Trinajstić information content (AvgIpc) is 3.52. The minimum atomic E-state index is -0.00323. The maximum Gasteiger partial charge on any atom is 0.0550 e. The van der Waals surface area contributed by atoms with Crippen molar-refractivity contribution in [2.45, 2.75) is 32.1 Å². The molecule has 3 heteroatoms. The third-order valence-electron chi connectivity index (χ3n) is 8.09. The number of pyridine rings is 1. The molecule has 2 aliphatic rings. The van der Waals surface area contributed by atoms with Gasteiger partial charge in [-0.15, -0.1) is 0 Å². The molecule has 0 N–H and O–H groups in total. The highest BCUT2D eigenvalue weighted by Gasteiger charge is 2.35. The standard InChI is InChI=1S/C35H29N3/c1-35(2)31-10-4-3-9-29(31)30-16-13-25(21-32(30)35)24-11-14-28(15-12-24)38-33(26-7-5-19-36-22-26)17-18-34(38)27-8-6-20-37-23-27/h3-5,7,9-23H,6,8H2,1-2H3. The fraction of sp³-hybridized carbons (Fsp3) is 0.143. The first kappa shape index (κ1) is 22.7. The van der Waals surface area contributed by atoms with Gasteiger partial charge in [0.05, 0.1) is 11.4 Å². The van der Waals surface area contributed by atoms with E-state index in [4.69, 9.17) is 0 Å². The Hall–Kier alpha value is -4.50. The van der Waals surface area contributed by atoms with E-state index in [0.717, 1.165) is 29.8 Å². The van der Waals surface area contributed by atoms with Crippen LogP contribution in [-0.2, 0) is 5.41 Å². The van der Waals surface area contributed by atoms with Crippen molar-refractivity contribution >= 4 is 11.8 Å². The molecule has 0 radical (unpaired) electrons. The van der Waals surface area contributed by atoms with Gasteiger partial charge in [0, 0.05) is 41.5 Å². The summed E-state index contributed by atoms with van der Waals surface area (Å²) in [7, 11) is 0. The highest BCUT2D eigenvalue weighted by Crippen LogP contribution is 2.49. The van der Waals surface area contributed by atoms with Gasteiger partial charge in [0.15, 0.2) is 0 Å². The van der Waals surface area contributed by atoms with Gasteiger partial charge in [-0.05, 0) is 94.3 Å². The van der Waals surface area contributed by atoms with Crippen LogP contribution >= 0.6 is 0 Å². The summed E-state index contributed by atoms with van der Waals surface area (Å²) in [5.74, 6) is 0. The van der Waals surface area contributed by atoms with Crippen molar-refractivity contribution in [1.82, 2.24) is 9.55 Å². The van der Waals surface area contributed by atoms with Crippen molar-refractivity contribution in [3.05, 3.63) is 126 Å². The van der Waals surface area contributed by atoms with Crippen LogP contribution in [0.2, 0.25) is 0 Å². The predicted octanol–water partition coefficient (Wildman–Crippen LogP) is 8.72. The smallest absolute Gasteiger partial charge is 0.0550 e. The molecule has 7 rings (SSSR count). The summed E-state index contributed by atoms with van der Waals surface area (Å²) in [5, 5.41) is 0. The van der Waals surface area contributed by atoms with Gasteiger partial charge in [0.2, 0.25) is 0 Å². The average molecular weight is 492 g/mol. The van der Waals surface area contributed by atoms with Gasteiger partial charge in [-0.3, -0.25) is 9.98 Å². The number of fused-ring (bicyclic) bond motifs is 3. The molecule has 0 saturated carbocycles. The lowest BCUT2D eigenvalue weighted by Crippen LogP contribution is -2.14. The van der Waals surface area contributed by atoms with Gasteiger partial charge >= 0.3 is 0 Å². The van der Waals surface area contributed by atoms with Crippen molar-refractivity contribution < 1.29 is 0 Å². The van der Waals surface area contributed by atoms with Crippen LogP contribution in [0.1, 0.15) is 43.5 Å². The summed E-state index contributed by atoms with van der Waals surface area (Å²) in [6.45, 7) is 4.67. The molecule has 0 fully saturated rings. The van der Waals surface area contributed by atoms with E-state index in [9.17, 15) is 0 Å². The molecule has 3 heterocycles. The first-order chi connectivity index (χ1) is 18.6. The Labute approximate surface area is 223 Å². The van der Waals surface area contributed by atoms with Crippen molar-refractivity contribution in [1.29, 1.82) is 0 Å². The Morgan fingerprint density at radius 3 is 2.29 bits per heavy atom. The molecule has 1 aliphatic carbocycles. The van der Waals surface area contributed by atoms with E-state index in [0.29, 0.717) is 0 Å². The first-order valence-corrected chi connectivity index (χ1v) is 13.3. The van der Waals surface area contributed by atoms with Gasteiger partial charge in [0.1, 0.15) is 0 Å². The van der Waals surface area contributed by atoms with E-state index < -0.39 is 0 Å². The van der Waals surface area contributed by atoms with Gasteiger partial charge in [-0.1, -0.05) is 62.4 Å². The van der Waals surface area contributed by atoms with E-state index in [1.54, 1.807) is 0 Å². The number of allylic oxidation sites excluding steroid dienone is 1. The van der Waals surface area contributed by atoms with Crippen LogP contribution < -0.4 is 0 Å². The summed E-state index contributed by atoms with van der Waals surface area (Å²) in [5.41, 5.74) is 13.8. The fourth-order valence-electron chi connectivity index (χ4n) is 6.09. The summed E-state index contributed by atoms with van der Waals surface area (Å²) >= 11 is 0. The van der Waals surface area contributed by atoms with Crippen LogP contribution in [0.3, 0.4) is 0 Å². The maximum atomic E-state index is 4.45. The molecule has 38 heavy (non-hydrogen) atoms. The molecule has 2 aromatic heterocycles. The molecular weight excluding hydrogens is 462 g/mol. The van der Waals surface area contributed by atoms with Crippen LogP contribution in [0.15, 0.2) is 115 Å². The summed E-state index contributed by atoms with van der Waals surface area (Å²) in [6, 6.07) is 33.2. The lowest BCUT2D eigenvalue weighted by Gasteiger charge is -2.22. The maximum absolute atomic E-state index is 4.45. The highest BCUT2D eigenvalue weighted by atomic mass is 15.0. The zero-order valence-electron chi connectivity index (χ0n) is 21.7. The van der Waals surface area contributed by atoms with Crippen LogP contribution in [0.5, 0.6) is 0 Å². The molecule has 5 aromatic rings. The number of hydrogen-bond donors (Lipinski definition) is 0. The normalized spacial score (nSPS) is 15.2. The Balaban J connectivity index is 1.30. The molecule has 1 aliphatic heterocycles. The molecule has 184 valence electrons. The predicted molar refractivity (Wildman–Crippen MR) is 158 cm³/mol. The number of nitrogens with zero attached hydrogens (tertiary/aromatic N) is 3. The second-order valence-corrected chi connectivity index (χ2v) is 10.7. The topological polar surface area (TPSA) is 30.2 Å². The Kier molecular flexibility index (Phi) is 5.26. The van der Waals surface area contributed by atoms with E-state index in [2.05, 4.69) is 113 Å². The zero-order valence-corrected chi connectivity index (χ0v) is 21.7. The molecule has 0 spiro atoms. The summed E-state index contributed by atoms with van der Waals surface area (Å²) < 4.78 is 2.34. The second kappa shape index (κ2) is 8.81. The summed E-state index contributed by atoms with van der Waals surface area (Å²) in [6.07, 6.45) is 9.70. The number of benzene rings is 3. The van der Waals surface area contributed by atoms with Gasteiger partial charge in [-0.2, -0.15) is 0 Å². The number of hydrogen-bond acceptors (Lipinski definition) is 2. The monoisotopic (exact) mass is 491 g/mol. The summed E-state index contributed by atoms with van der Waals surface area (Å²) in [4.78, 5) is 8.82. The van der Waals surface area contributed by atoms with E-state index in [1.165, 1.54) is 44.6 Å².